The van der Waals surface area contributed by atoms with Gasteiger partial charge in [0, 0.05) is 0 Å². The standard InChI is InChI=1S/C15H20N2O3/c1-15(2,3)20-14(18)17-13(9-10-16)11-5-7-12(19-4)8-6-11/h5-8,13H,9H2,1-4H3,(H,17,18). The van der Waals surface area contributed by atoms with Crippen molar-refractivity contribution in [2.75, 3.05) is 7.11 Å². The Balaban J connectivity index is 2.78. The molecule has 0 saturated heterocycles. The molecular formula is C15H20N2O3. The Kier molecular flexibility index (Phi) is 5.39. The Morgan fingerprint density at radius 1 is 1.35 bits per heavy atom. The van der Waals surface area contributed by atoms with Crippen LogP contribution in [-0.4, -0.2) is 18.8 Å². The number of ether oxygens (including phenoxy) is 2. The molecule has 0 bridgehead atoms. The number of nitrogens with zero attached hydrogens (tertiary/aromatic N) is 1. The van der Waals surface area contributed by atoms with Crippen molar-refractivity contribution in [3.8, 4) is 11.8 Å². The highest BCUT2D eigenvalue weighted by atomic mass is 16.6. The monoisotopic (exact) mass is 276 g/mol. The molecule has 0 saturated carbocycles. The number of alkyl carbamates (subject to hydrolysis) is 1. The number of nitrogens with one attached hydrogen (secondary N) is 1. The number of carbonyl (C=O) groups is 1. The molecule has 20 heavy (non-hydrogen) atoms. The molecule has 1 aromatic carbocycles. The molecule has 0 aromatic heterocycles. The van der Waals surface area contributed by atoms with Gasteiger partial charge in [-0.25, -0.2) is 4.79 Å². The third kappa shape index (κ3) is 5.19. The second-order valence-electron chi connectivity index (χ2n) is 5.33. The third-order valence-electron chi connectivity index (χ3n) is 2.50. The molecule has 1 atom stereocenters. The zero-order chi connectivity index (χ0) is 15.2. The first-order valence-electron chi connectivity index (χ1n) is 6.36. The van der Waals surface area contributed by atoms with E-state index in [2.05, 4.69) is 11.4 Å². The van der Waals surface area contributed by atoms with Crippen molar-refractivity contribution in [3.05, 3.63) is 29.8 Å². The van der Waals surface area contributed by atoms with Crippen molar-refractivity contribution in [2.24, 2.45) is 0 Å². The lowest BCUT2D eigenvalue weighted by atomic mass is 10.0. The van der Waals surface area contributed by atoms with Crippen molar-refractivity contribution < 1.29 is 14.3 Å². The van der Waals surface area contributed by atoms with Gasteiger partial charge in [0.1, 0.15) is 11.4 Å². The zero-order valence-corrected chi connectivity index (χ0v) is 12.3. The van der Waals surface area contributed by atoms with Crippen molar-refractivity contribution in [1.29, 1.82) is 5.26 Å². The van der Waals surface area contributed by atoms with E-state index in [9.17, 15) is 4.79 Å². The van der Waals surface area contributed by atoms with Gasteiger partial charge >= 0.3 is 6.09 Å². The van der Waals surface area contributed by atoms with Gasteiger partial charge in [0.25, 0.3) is 0 Å². The molecule has 5 heteroatoms. The Labute approximate surface area is 119 Å². The molecule has 0 aliphatic heterocycles. The zero-order valence-electron chi connectivity index (χ0n) is 12.3. The van der Waals surface area contributed by atoms with Crippen LogP contribution < -0.4 is 10.1 Å². The summed E-state index contributed by atoms with van der Waals surface area (Å²) < 4.78 is 10.3. The van der Waals surface area contributed by atoms with Crippen LogP contribution in [0.3, 0.4) is 0 Å². The van der Waals surface area contributed by atoms with Crippen LogP contribution in [0.5, 0.6) is 5.75 Å². The van der Waals surface area contributed by atoms with Crippen LogP contribution in [0, 0.1) is 11.3 Å². The lowest BCUT2D eigenvalue weighted by Gasteiger charge is -2.23. The highest BCUT2D eigenvalue weighted by Gasteiger charge is 2.20. The van der Waals surface area contributed by atoms with Crippen LogP contribution in [0.15, 0.2) is 24.3 Å². The molecular weight excluding hydrogens is 256 g/mol. The molecule has 1 unspecified atom stereocenters. The summed E-state index contributed by atoms with van der Waals surface area (Å²) in [6.45, 7) is 5.37. The van der Waals surface area contributed by atoms with Gasteiger partial charge in [-0.2, -0.15) is 5.26 Å². The second-order valence-corrected chi connectivity index (χ2v) is 5.33. The highest BCUT2D eigenvalue weighted by Crippen LogP contribution is 2.20. The van der Waals surface area contributed by atoms with E-state index < -0.39 is 17.7 Å². The quantitative estimate of drug-likeness (QED) is 0.916. The molecule has 1 N–H and O–H groups in total. The molecule has 0 aliphatic carbocycles. The Morgan fingerprint density at radius 2 is 1.95 bits per heavy atom. The first-order chi connectivity index (χ1) is 9.35. The fourth-order valence-electron chi connectivity index (χ4n) is 1.63. The largest absolute Gasteiger partial charge is 0.497 e. The van der Waals surface area contributed by atoms with Gasteiger partial charge in [-0.05, 0) is 38.5 Å². The Hall–Kier alpha value is -2.22. The predicted octanol–water partition coefficient (Wildman–Crippen LogP) is 3.17. The summed E-state index contributed by atoms with van der Waals surface area (Å²) in [5.74, 6) is 0.724. The smallest absolute Gasteiger partial charge is 0.408 e. The maximum absolute atomic E-state index is 11.8. The number of benzene rings is 1. The van der Waals surface area contributed by atoms with Gasteiger partial charge in [-0.1, -0.05) is 12.1 Å². The minimum atomic E-state index is -0.568. The average molecular weight is 276 g/mol. The van der Waals surface area contributed by atoms with Gasteiger partial charge in [0.2, 0.25) is 0 Å². The summed E-state index contributed by atoms with van der Waals surface area (Å²) in [7, 11) is 1.58. The lowest BCUT2D eigenvalue weighted by molar-refractivity contribution is 0.0504. The normalized spacial score (nSPS) is 12.2. The van der Waals surface area contributed by atoms with Crippen LogP contribution in [0.25, 0.3) is 0 Å². The number of amides is 1. The average Bonchev–Trinajstić information content (AvgIpc) is 2.36. The Bertz CT molecular complexity index is 483. The van der Waals surface area contributed by atoms with Gasteiger partial charge in [0.15, 0.2) is 0 Å². The van der Waals surface area contributed by atoms with E-state index in [1.54, 1.807) is 40.0 Å². The number of nitriles is 1. The van der Waals surface area contributed by atoms with Gasteiger partial charge in [-0.15, -0.1) is 0 Å². The minimum absolute atomic E-state index is 0.172. The highest BCUT2D eigenvalue weighted by molar-refractivity contribution is 5.68. The van der Waals surface area contributed by atoms with Crippen LogP contribution in [0.1, 0.15) is 38.8 Å². The summed E-state index contributed by atoms with van der Waals surface area (Å²) in [6.07, 6.45) is -0.362. The van der Waals surface area contributed by atoms with Gasteiger partial charge < -0.3 is 14.8 Å². The number of hydrogen-bond donors (Lipinski definition) is 1. The van der Waals surface area contributed by atoms with Crippen molar-refractivity contribution in [2.45, 2.75) is 38.8 Å². The summed E-state index contributed by atoms with van der Waals surface area (Å²) in [6, 6.07) is 8.87. The van der Waals surface area contributed by atoms with Crippen LogP contribution in [-0.2, 0) is 4.74 Å². The van der Waals surface area contributed by atoms with Gasteiger partial charge in [0.05, 0.1) is 25.6 Å². The molecule has 1 rings (SSSR count). The molecule has 0 aliphatic rings. The first-order valence-corrected chi connectivity index (χ1v) is 6.36. The molecule has 0 heterocycles. The molecule has 108 valence electrons. The summed E-state index contributed by atoms with van der Waals surface area (Å²) >= 11 is 0. The van der Waals surface area contributed by atoms with E-state index in [1.165, 1.54) is 0 Å². The number of rotatable bonds is 4. The molecule has 1 aromatic rings. The van der Waals surface area contributed by atoms with Crippen molar-refractivity contribution in [3.63, 3.8) is 0 Å². The van der Waals surface area contributed by atoms with Crippen molar-refractivity contribution >= 4 is 6.09 Å². The summed E-state index contributed by atoms with van der Waals surface area (Å²) in [5.41, 5.74) is 0.263. The van der Waals surface area contributed by atoms with Crippen molar-refractivity contribution in [1.82, 2.24) is 5.32 Å². The molecule has 1 amide bonds. The van der Waals surface area contributed by atoms with Crippen LogP contribution in [0.2, 0.25) is 0 Å². The Morgan fingerprint density at radius 3 is 2.40 bits per heavy atom. The molecule has 0 fully saturated rings. The fourth-order valence-corrected chi connectivity index (χ4v) is 1.63. The molecule has 5 nitrogen and oxygen atoms in total. The molecule has 0 spiro atoms. The lowest BCUT2D eigenvalue weighted by Crippen LogP contribution is -2.34. The predicted molar refractivity (Wildman–Crippen MR) is 75.3 cm³/mol. The van der Waals surface area contributed by atoms with E-state index in [4.69, 9.17) is 14.7 Å². The van der Waals surface area contributed by atoms with E-state index in [0.29, 0.717) is 0 Å². The third-order valence-corrected chi connectivity index (χ3v) is 2.50. The maximum Gasteiger partial charge on any atom is 0.408 e. The minimum Gasteiger partial charge on any atom is -0.497 e. The van der Waals surface area contributed by atoms with Gasteiger partial charge in [-0.3, -0.25) is 0 Å². The maximum atomic E-state index is 11.8. The first kappa shape index (κ1) is 15.8. The fraction of sp³-hybridized carbons (Fsp3) is 0.467. The summed E-state index contributed by atoms with van der Waals surface area (Å²) in [5, 5.41) is 11.6. The second kappa shape index (κ2) is 6.80. The number of methoxy groups -OCH3 is 1. The van der Waals surface area contributed by atoms with Crippen LogP contribution >= 0.6 is 0 Å². The van der Waals surface area contributed by atoms with E-state index in [1.807, 2.05) is 12.1 Å². The summed E-state index contributed by atoms with van der Waals surface area (Å²) in [4.78, 5) is 11.8. The number of hydrogen-bond acceptors (Lipinski definition) is 4. The number of carbonyl (C=O) groups excluding carboxylic acids is 1. The topological polar surface area (TPSA) is 71.3 Å². The van der Waals surface area contributed by atoms with E-state index >= 15 is 0 Å². The van der Waals surface area contributed by atoms with Crippen LogP contribution in [0.4, 0.5) is 4.79 Å². The van der Waals surface area contributed by atoms with E-state index in [-0.39, 0.29) is 6.42 Å². The SMILES string of the molecule is COc1ccc(C(CC#N)NC(=O)OC(C)(C)C)cc1. The van der Waals surface area contributed by atoms with E-state index in [0.717, 1.165) is 11.3 Å². The molecule has 0 radical (unpaired) electrons.